The Morgan fingerprint density at radius 1 is 0.468 bits per heavy atom. The van der Waals surface area contributed by atoms with Crippen molar-refractivity contribution < 1.29 is 0 Å². The van der Waals surface area contributed by atoms with Gasteiger partial charge in [0.2, 0.25) is 0 Å². The lowest BCUT2D eigenvalue weighted by molar-refractivity contribution is 0.848. The molecule has 0 bridgehead atoms. The molecule has 4 aromatic heterocycles. The molecule has 0 spiro atoms. The molecular formula is C42H39N5. The highest BCUT2D eigenvalue weighted by Crippen LogP contribution is 2.42. The molecule has 0 aliphatic carbocycles. The van der Waals surface area contributed by atoms with Crippen molar-refractivity contribution in [3.05, 3.63) is 163 Å². The highest BCUT2D eigenvalue weighted by atomic mass is 15.2. The molecule has 7 aromatic rings. The third-order valence-electron chi connectivity index (χ3n) is 8.63. The molecule has 0 radical (unpaired) electrons. The van der Waals surface area contributed by atoms with Gasteiger partial charge in [-0.1, -0.05) is 94.4 Å². The van der Waals surface area contributed by atoms with Gasteiger partial charge in [-0.05, 0) is 83.6 Å². The zero-order chi connectivity index (χ0) is 32.3. The van der Waals surface area contributed by atoms with Gasteiger partial charge in [0.05, 0.1) is 34.2 Å². The fourth-order valence-corrected chi connectivity index (χ4v) is 6.38. The Balaban J connectivity index is 1.49. The topological polar surface area (TPSA) is 38.9 Å². The summed E-state index contributed by atoms with van der Waals surface area (Å²) >= 11 is 0. The van der Waals surface area contributed by atoms with Gasteiger partial charge in [-0.25, -0.2) is 0 Å². The summed E-state index contributed by atoms with van der Waals surface area (Å²) < 4.78 is 4.60. The fourth-order valence-electron chi connectivity index (χ4n) is 6.38. The molecule has 0 amide bonds. The molecule has 0 aliphatic heterocycles. The highest BCUT2D eigenvalue weighted by Gasteiger charge is 2.23. The fraction of sp³-hybridized carbons (Fsp3) is 0.143. The normalized spacial score (nSPS) is 11.4. The van der Waals surface area contributed by atoms with E-state index < -0.39 is 0 Å². The molecule has 0 saturated carbocycles. The van der Waals surface area contributed by atoms with Crippen molar-refractivity contribution in [3.8, 4) is 34.2 Å². The third kappa shape index (κ3) is 5.88. The number of anilines is 3. The lowest BCUT2D eigenvalue weighted by Crippen LogP contribution is -2.08. The second-order valence-electron chi connectivity index (χ2n) is 12.4. The maximum atomic E-state index is 4.80. The lowest BCUT2D eigenvalue weighted by atomic mass is 10.0. The monoisotopic (exact) mass is 613 g/mol. The summed E-state index contributed by atoms with van der Waals surface area (Å²) in [5, 5.41) is 0. The summed E-state index contributed by atoms with van der Waals surface area (Å²) in [5.74, 6) is 0.713. The number of para-hydroxylation sites is 3. The summed E-state index contributed by atoms with van der Waals surface area (Å²) in [6.45, 7) is 8.99. The minimum atomic E-state index is 0.356. The lowest BCUT2D eigenvalue weighted by Gasteiger charge is -2.23. The maximum absolute atomic E-state index is 4.80. The largest absolute Gasteiger partial charge is 0.313 e. The van der Waals surface area contributed by atoms with E-state index in [9.17, 15) is 0 Å². The Hall–Kier alpha value is -5.68. The average molecular weight is 614 g/mol. The number of rotatable bonds is 9. The molecule has 0 atom stereocenters. The summed E-state index contributed by atoms with van der Waals surface area (Å²) in [6, 6.07) is 44.6. The molecular weight excluding hydrogens is 574 g/mol. The second kappa shape index (κ2) is 13.0. The zero-order valence-corrected chi connectivity index (χ0v) is 27.3. The molecule has 7 rings (SSSR count). The summed E-state index contributed by atoms with van der Waals surface area (Å²) in [6.07, 6.45) is 8.22. The van der Waals surface area contributed by atoms with Gasteiger partial charge < -0.3 is 14.0 Å². The van der Waals surface area contributed by atoms with E-state index in [4.69, 9.17) is 9.97 Å². The van der Waals surface area contributed by atoms with E-state index in [-0.39, 0.29) is 0 Å². The standard InChI is InChI=1S/C42H39N5/c1-30(2)35-18-8-10-22-39(35)45-28-33(26-41(45)37-20-12-14-24-43-37)47(32-16-6-5-7-17-32)34-27-42(38-21-13-15-25-44-38)46(29-34)40-23-11-9-19-36(40)31(3)4/h5-31H,1-4H3. The number of nitrogens with zero attached hydrogens (tertiary/aromatic N) is 5. The summed E-state index contributed by atoms with van der Waals surface area (Å²) in [7, 11) is 0. The first-order chi connectivity index (χ1) is 23.0. The number of hydrogen-bond donors (Lipinski definition) is 0. The molecule has 47 heavy (non-hydrogen) atoms. The van der Waals surface area contributed by atoms with Crippen molar-refractivity contribution in [2.45, 2.75) is 39.5 Å². The number of aromatic nitrogens is 4. The van der Waals surface area contributed by atoms with Crippen molar-refractivity contribution in [3.63, 3.8) is 0 Å². The van der Waals surface area contributed by atoms with Crippen molar-refractivity contribution >= 4 is 17.1 Å². The Morgan fingerprint density at radius 3 is 1.32 bits per heavy atom. The van der Waals surface area contributed by atoms with E-state index in [0.717, 1.165) is 51.2 Å². The van der Waals surface area contributed by atoms with E-state index in [1.165, 1.54) is 11.1 Å². The van der Waals surface area contributed by atoms with Gasteiger partial charge in [0.25, 0.3) is 0 Å². The van der Waals surface area contributed by atoms with Crippen LogP contribution >= 0.6 is 0 Å². The Bertz CT molecular complexity index is 1960. The van der Waals surface area contributed by atoms with Gasteiger partial charge in [0.15, 0.2) is 0 Å². The van der Waals surface area contributed by atoms with Gasteiger partial charge >= 0.3 is 0 Å². The van der Waals surface area contributed by atoms with Crippen LogP contribution in [0.5, 0.6) is 0 Å². The van der Waals surface area contributed by atoms with Crippen LogP contribution in [-0.4, -0.2) is 19.1 Å². The van der Waals surface area contributed by atoms with E-state index in [1.54, 1.807) is 0 Å². The van der Waals surface area contributed by atoms with Crippen LogP contribution in [0.3, 0.4) is 0 Å². The van der Waals surface area contributed by atoms with Crippen molar-refractivity contribution in [2.24, 2.45) is 0 Å². The van der Waals surface area contributed by atoms with Crippen LogP contribution < -0.4 is 4.90 Å². The van der Waals surface area contributed by atoms with Crippen LogP contribution in [0.1, 0.15) is 50.7 Å². The molecule has 4 heterocycles. The first-order valence-corrected chi connectivity index (χ1v) is 16.3. The van der Waals surface area contributed by atoms with E-state index >= 15 is 0 Å². The predicted molar refractivity (Wildman–Crippen MR) is 194 cm³/mol. The van der Waals surface area contributed by atoms with E-state index in [0.29, 0.717) is 11.8 Å². The Morgan fingerprint density at radius 2 is 0.894 bits per heavy atom. The van der Waals surface area contributed by atoms with Crippen molar-refractivity contribution in [2.75, 3.05) is 4.90 Å². The van der Waals surface area contributed by atoms with Crippen LogP contribution in [0, 0.1) is 0 Å². The first kappa shape index (κ1) is 30.0. The molecule has 3 aromatic carbocycles. The second-order valence-corrected chi connectivity index (χ2v) is 12.4. The smallest absolute Gasteiger partial charge is 0.0870 e. The Labute approximate surface area is 277 Å². The highest BCUT2D eigenvalue weighted by molar-refractivity contribution is 5.82. The maximum Gasteiger partial charge on any atom is 0.0870 e. The van der Waals surface area contributed by atoms with E-state index in [2.05, 4.69) is 157 Å². The van der Waals surface area contributed by atoms with Crippen molar-refractivity contribution in [1.29, 1.82) is 0 Å². The first-order valence-electron chi connectivity index (χ1n) is 16.3. The SMILES string of the molecule is CC(C)c1ccccc1-n1cc(N(c2ccccc2)c2cc(-c3ccccn3)n(-c3ccccc3C(C)C)c2)cc1-c1ccccn1. The molecule has 232 valence electrons. The quantitative estimate of drug-likeness (QED) is 0.163. The number of hydrogen-bond acceptors (Lipinski definition) is 3. The van der Waals surface area contributed by atoms with Crippen molar-refractivity contribution in [1.82, 2.24) is 19.1 Å². The average Bonchev–Trinajstić information content (AvgIpc) is 3.75. The van der Waals surface area contributed by atoms with Crippen LogP contribution in [0.25, 0.3) is 34.2 Å². The van der Waals surface area contributed by atoms with Crippen LogP contribution in [0.4, 0.5) is 17.1 Å². The van der Waals surface area contributed by atoms with Crippen LogP contribution in [-0.2, 0) is 0 Å². The molecule has 5 nitrogen and oxygen atoms in total. The molecule has 0 saturated heterocycles. The minimum Gasteiger partial charge on any atom is -0.313 e. The Kier molecular flexibility index (Phi) is 8.28. The number of benzene rings is 3. The molecule has 0 aliphatic rings. The number of pyridine rings is 2. The van der Waals surface area contributed by atoms with E-state index in [1.807, 2.05) is 36.7 Å². The predicted octanol–water partition coefficient (Wildman–Crippen LogP) is 11.1. The van der Waals surface area contributed by atoms with Gasteiger partial charge in [0.1, 0.15) is 0 Å². The summed E-state index contributed by atoms with van der Waals surface area (Å²) in [4.78, 5) is 11.9. The molecule has 0 unspecified atom stereocenters. The van der Waals surface area contributed by atoms with Gasteiger partial charge in [-0.15, -0.1) is 0 Å². The van der Waals surface area contributed by atoms with Gasteiger partial charge in [-0.2, -0.15) is 0 Å². The molecule has 0 N–H and O–H groups in total. The third-order valence-corrected chi connectivity index (χ3v) is 8.63. The van der Waals surface area contributed by atoms with Crippen LogP contribution in [0.2, 0.25) is 0 Å². The molecule has 0 fully saturated rings. The zero-order valence-electron chi connectivity index (χ0n) is 27.3. The van der Waals surface area contributed by atoms with Crippen LogP contribution in [0.15, 0.2) is 152 Å². The van der Waals surface area contributed by atoms with Gasteiger partial charge in [-0.3, -0.25) is 9.97 Å². The summed E-state index contributed by atoms with van der Waals surface area (Å²) in [5.41, 5.74) is 11.9. The minimum absolute atomic E-state index is 0.356. The van der Waals surface area contributed by atoms with Gasteiger partial charge in [0, 0.05) is 41.8 Å². The molecule has 5 heteroatoms.